The molecule has 0 unspecified atom stereocenters. The Bertz CT molecular complexity index is 336. The van der Waals surface area contributed by atoms with Gasteiger partial charge in [0.1, 0.15) is 5.75 Å². The zero-order valence-electron chi connectivity index (χ0n) is 7.99. The number of para-hydroxylation sites is 1. The molecule has 0 atom stereocenters. The molecule has 96 valence electrons. The van der Waals surface area contributed by atoms with Gasteiger partial charge in [-0.2, -0.15) is 0 Å². The van der Waals surface area contributed by atoms with Crippen molar-refractivity contribution in [3.05, 3.63) is 29.8 Å². The quantitative estimate of drug-likeness (QED) is 0.567. The summed E-state index contributed by atoms with van der Waals surface area (Å²) in [6.07, 6.45) is 0. The van der Waals surface area contributed by atoms with Gasteiger partial charge in [0.15, 0.2) is 0 Å². The second kappa shape index (κ2) is 10.9. The molecule has 0 aliphatic rings. The summed E-state index contributed by atoms with van der Waals surface area (Å²) >= 11 is 0. The van der Waals surface area contributed by atoms with E-state index in [9.17, 15) is 9.90 Å². The van der Waals surface area contributed by atoms with Gasteiger partial charge in [-0.3, -0.25) is 0 Å². The number of carbonyl (C=O) groups is 2. The van der Waals surface area contributed by atoms with Crippen LogP contribution in [0.5, 0.6) is 5.75 Å². The van der Waals surface area contributed by atoms with Crippen molar-refractivity contribution in [3.8, 4) is 5.75 Å². The molecule has 1 rings (SSSR count). The molecule has 0 aromatic heterocycles. The average Bonchev–Trinajstić information content (AvgIpc) is 2.03. The van der Waals surface area contributed by atoms with E-state index in [1.165, 1.54) is 18.2 Å². The Labute approximate surface area is 124 Å². The van der Waals surface area contributed by atoms with Gasteiger partial charge >= 0.3 is 44.8 Å². The van der Waals surface area contributed by atoms with Crippen molar-refractivity contribution < 1.29 is 69.7 Å². The number of benzene rings is 1. The Hall–Kier alpha value is -0.559. The van der Waals surface area contributed by atoms with Gasteiger partial charge in [-0.1, -0.05) is 12.1 Å². The number of phenols is 1. The van der Waals surface area contributed by atoms with Crippen LogP contribution >= 0.6 is 0 Å². The number of aromatic carboxylic acids is 1. The van der Waals surface area contributed by atoms with Gasteiger partial charge < -0.3 is 24.9 Å². The van der Waals surface area contributed by atoms with Crippen LogP contribution in [0, 0.1) is 0 Å². The molecule has 0 aliphatic carbocycles. The molecular weight excluding hydrogens is 404 g/mol. The summed E-state index contributed by atoms with van der Waals surface area (Å²) in [6.45, 7) is 0.972. The molecule has 0 saturated carbocycles. The van der Waals surface area contributed by atoms with E-state index in [4.69, 9.17) is 15.0 Å². The van der Waals surface area contributed by atoms with Crippen LogP contribution in [0.15, 0.2) is 24.3 Å². The molecule has 7 heteroatoms. The van der Waals surface area contributed by atoms with E-state index < -0.39 is 11.9 Å². The maximum Gasteiger partial charge on any atom is 1.00 e. The monoisotopic (exact) mass is 410 g/mol. The Morgan fingerprint density at radius 3 is 1.75 bits per heavy atom. The van der Waals surface area contributed by atoms with E-state index in [0.717, 1.165) is 6.92 Å². The van der Waals surface area contributed by atoms with E-state index in [1.807, 2.05) is 0 Å². The fourth-order valence-corrected chi connectivity index (χ4v) is 0.646. The van der Waals surface area contributed by atoms with Crippen LogP contribution < -0.4 is 10.2 Å². The van der Waals surface area contributed by atoms with Gasteiger partial charge in [0, 0.05) is 11.5 Å². The van der Waals surface area contributed by atoms with Crippen LogP contribution in [0.4, 0.5) is 0 Å². The molecule has 0 saturated heterocycles. The minimum absolute atomic E-state index is 0. The summed E-state index contributed by atoms with van der Waals surface area (Å²) in [4.78, 5) is 19.0. The van der Waals surface area contributed by atoms with Gasteiger partial charge in [-0.05, 0) is 19.1 Å². The normalized spacial score (nSPS) is 7.31. The van der Waals surface area contributed by atoms with Crippen LogP contribution in [0.2, 0.25) is 0 Å². The Morgan fingerprint density at radius 1 is 1.12 bits per heavy atom. The van der Waals surface area contributed by atoms with Crippen molar-refractivity contribution in [2.45, 2.75) is 6.92 Å². The Morgan fingerprint density at radius 2 is 1.50 bits per heavy atom. The molecule has 0 spiro atoms. The maximum atomic E-state index is 10.2. The largest absolute Gasteiger partial charge is 1.00 e. The van der Waals surface area contributed by atoms with E-state index in [-0.39, 0.29) is 56.1 Å². The van der Waals surface area contributed by atoms with E-state index >= 15 is 0 Å². The van der Waals surface area contributed by atoms with Crippen molar-refractivity contribution in [3.63, 3.8) is 0 Å². The number of carbonyl (C=O) groups excluding carboxylic acids is 2. The number of carboxylic acids is 2. The van der Waals surface area contributed by atoms with E-state index in [1.54, 1.807) is 6.07 Å². The zero-order chi connectivity index (χ0) is 11.1. The van der Waals surface area contributed by atoms with Crippen LogP contribution in [0.25, 0.3) is 0 Å². The van der Waals surface area contributed by atoms with Gasteiger partial charge in [0.25, 0.3) is 0 Å². The molecule has 1 N–H and O–H groups in total. The number of aliphatic carboxylic acids is 1. The first-order valence-electron chi connectivity index (χ1n) is 3.62. The zero-order valence-corrected chi connectivity index (χ0v) is 11.0. The van der Waals surface area contributed by atoms with Crippen molar-refractivity contribution in [2.24, 2.45) is 0 Å². The summed E-state index contributed by atoms with van der Waals surface area (Å²) in [5.41, 5.74) is -0.178. The molecule has 1 aromatic rings. The molecule has 0 aliphatic heterocycles. The molecule has 0 heterocycles. The van der Waals surface area contributed by atoms with Gasteiger partial charge in [0.05, 0.1) is 5.97 Å². The van der Waals surface area contributed by atoms with Gasteiger partial charge in [-0.15, -0.1) is 0 Å². The first kappa shape index (κ1) is 20.8. The third-order valence-electron chi connectivity index (χ3n) is 1.12. The van der Waals surface area contributed by atoms with E-state index in [2.05, 4.69) is 0 Å². The summed E-state index contributed by atoms with van der Waals surface area (Å²) in [7, 11) is 0. The molecule has 0 amide bonds. The Kier molecular flexibility index (Phi) is 14.2. The fourth-order valence-electron chi connectivity index (χ4n) is 0.646. The smallest absolute Gasteiger partial charge is 0.550 e. The van der Waals surface area contributed by atoms with Crippen molar-refractivity contribution in [1.82, 2.24) is 0 Å². The first-order valence-corrected chi connectivity index (χ1v) is 3.62. The van der Waals surface area contributed by atoms with Gasteiger partial charge in [0.2, 0.25) is 0 Å². The van der Waals surface area contributed by atoms with Gasteiger partial charge in [-0.25, -0.2) is 0 Å². The molecule has 1 aromatic carbocycles. The summed E-state index contributed by atoms with van der Waals surface area (Å²) in [5, 5.41) is 27.9. The number of aromatic hydroxyl groups is 1. The second-order valence-electron chi connectivity index (χ2n) is 2.30. The topological polar surface area (TPSA) is 100 Å². The molecule has 16 heavy (non-hydrogen) atoms. The number of rotatable bonds is 1. The second-order valence-corrected chi connectivity index (χ2v) is 2.30. The van der Waals surface area contributed by atoms with E-state index in [0.29, 0.717) is 0 Å². The molecular formula is C9H8Ag2O5. The number of hydrogen-bond donors (Lipinski definition) is 1. The Balaban J connectivity index is -0.000000249. The standard InChI is InChI=1S/C7H6O3.C2H4O2.2Ag/c8-6-4-2-1-3-5(6)7(9)10;1-2(3)4;;/h1-4,8H,(H,9,10);1H3,(H,3,4);;/q;;2*+1/p-2. The third kappa shape index (κ3) is 9.98. The molecule has 0 bridgehead atoms. The van der Waals surface area contributed by atoms with Crippen LogP contribution in [-0.2, 0) is 49.6 Å². The molecule has 5 nitrogen and oxygen atoms in total. The SMILES string of the molecule is CC(=O)[O-].O=C([O-])c1ccccc1O.[Ag+].[Ag+]. The summed E-state index contributed by atoms with van der Waals surface area (Å²) in [5.74, 6) is -2.71. The third-order valence-corrected chi connectivity index (χ3v) is 1.12. The van der Waals surface area contributed by atoms with Crippen LogP contribution in [0.3, 0.4) is 0 Å². The van der Waals surface area contributed by atoms with Crippen molar-refractivity contribution in [1.29, 1.82) is 0 Å². The first-order chi connectivity index (χ1) is 6.45. The summed E-state index contributed by atoms with van der Waals surface area (Å²) in [6, 6.07) is 5.64. The predicted molar refractivity (Wildman–Crippen MR) is 43.1 cm³/mol. The fraction of sp³-hybridized carbons (Fsp3) is 0.111. The maximum absolute atomic E-state index is 10.2. The predicted octanol–water partition coefficient (Wildman–Crippen LogP) is -1.49. The summed E-state index contributed by atoms with van der Waals surface area (Å²) < 4.78 is 0. The minimum atomic E-state index is -1.36. The average molecular weight is 412 g/mol. The number of carboxylic acid groups (broad SMARTS) is 2. The van der Waals surface area contributed by atoms with Crippen molar-refractivity contribution in [2.75, 3.05) is 0 Å². The molecule has 0 fully saturated rings. The van der Waals surface area contributed by atoms with Crippen LogP contribution in [-0.4, -0.2) is 17.0 Å². The van der Waals surface area contributed by atoms with Crippen molar-refractivity contribution >= 4 is 11.9 Å². The minimum Gasteiger partial charge on any atom is -0.550 e. The van der Waals surface area contributed by atoms with Crippen LogP contribution in [0.1, 0.15) is 17.3 Å². The molecule has 0 radical (unpaired) electrons. The number of hydrogen-bond acceptors (Lipinski definition) is 5.